The molecule has 6 heteroatoms. The van der Waals surface area contributed by atoms with Crippen LogP contribution in [0.15, 0.2) is 103 Å². The quantitative estimate of drug-likeness (QED) is 0.322. The molecule has 4 atom stereocenters. The van der Waals surface area contributed by atoms with Gasteiger partial charge < -0.3 is 0 Å². The van der Waals surface area contributed by atoms with Crippen molar-refractivity contribution in [3.8, 4) is 0 Å². The first-order valence-corrected chi connectivity index (χ1v) is 13.9. The number of carbonyl (C=O) groups excluding carboxylic acids is 4. The third kappa shape index (κ3) is 3.50. The van der Waals surface area contributed by atoms with Crippen molar-refractivity contribution < 1.29 is 19.2 Å². The van der Waals surface area contributed by atoms with Crippen LogP contribution in [0.2, 0.25) is 0 Å². The Morgan fingerprint density at radius 2 is 1.20 bits per heavy atom. The van der Waals surface area contributed by atoms with Gasteiger partial charge in [-0.1, -0.05) is 90.0 Å². The summed E-state index contributed by atoms with van der Waals surface area (Å²) in [5.41, 5.74) is 3.57. The molecule has 41 heavy (non-hydrogen) atoms. The Kier molecular flexibility index (Phi) is 5.58. The first-order valence-electron chi connectivity index (χ1n) is 13.9. The SMILES string of the molecule is Cc1ccc(C[C@]23C(=O)N(c4ccccc4)C(=O)[C@@H]2c2cc(C)ccc2[C@H]2C(=O)N(c4ccccc4)C(=O)[C@H]23)cc1. The van der Waals surface area contributed by atoms with E-state index in [0.717, 1.165) is 16.7 Å². The average Bonchev–Trinajstić information content (AvgIpc) is 3.37. The van der Waals surface area contributed by atoms with Gasteiger partial charge in [-0.3, -0.25) is 19.2 Å². The molecule has 1 aliphatic carbocycles. The number of rotatable bonds is 4. The van der Waals surface area contributed by atoms with Gasteiger partial charge in [-0.25, -0.2) is 9.80 Å². The molecule has 0 radical (unpaired) electrons. The molecule has 0 N–H and O–H groups in total. The zero-order valence-electron chi connectivity index (χ0n) is 22.8. The maximum absolute atomic E-state index is 14.9. The van der Waals surface area contributed by atoms with Crippen molar-refractivity contribution in [2.24, 2.45) is 11.3 Å². The second-order valence-corrected chi connectivity index (χ2v) is 11.4. The van der Waals surface area contributed by atoms with Gasteiger partial charge in [-0.2, -0.15) is 0 Å². The Balaban J connectivity index is 1.52. The number of nitrogens with zero attached hydrogens (tertiary/aromatic N) is 2. The van der Waals surface area contributed by atoms with Gasteiger partial charge >= 0.3 is 0 Å². The number of anilines is 2. The molecule has 0 spiro atoms. The topological polar surface area (TPSA) is 74.8 Å². The Bertz CT molecular complexity index is 1730. The van der Waals surface area contributed by atoms with Crippen molar-refractivity contribution in [3.63, 3.8) is 0 Å². The molecule has 2 aliphatic heterocycles. The molecule has 0 bridgehead atoms. The van der Waals surface area contributed by atoms with E-state index in [1.165, 1.54) is 9.80 Å². The molecule has 2 saturated heterocycles. The summed E-state index contributed by atoms with van der Waals surface area (Å²) in [6.07, 6.45) is 0.155. The van der Waals surface area contributed by atoms with Crippen molar-refractivity contribution in [3.05, 3.63) is 131 Å². The van der Waals surface area contributed by atoms with E-state index in [1.807, 2.05) is 68.4 Å². The van der Waals surface area contributed by atoms with Crippen LogP contribution in [0.1, 0.15) is 39.7 Å². The molecule has 4 amide bonds. The van der Waals surface area contributed by atoms with E-state index in [2.05, 4.69) is 0 Å². The molecule has 4 aromatic carbocycles. The molecule has 0 saturated carbocycles. The summed E-state index contributed by atoms with van der Waals surface area (Å²) in [5, 5.41) is 0. The molecular formula is C35H28N2O4. The summed E-state index contributed by atoms with van der Waals surface area (Å²) in [6, 6.07) is 31.2. The molecule has 7 rings (SSSR count). The zero-order chi connectivity index (χ0) is 28.5. The highest BCUT2D eigenvalue weighted by Gasteiger charge is 2.73. The standard InChI is InChI=1S/C35H28N2O4/c1-21-13-16-23(17-14-21)20-35-29(32(39)37(34(35)41)25-11-7-4-8-12-25)27-19-22(2)15-18-26(27)28-30(35)33(40)36(31(28)38)24-9-5-3-6-10-24/h3-19,28-30H,20H2,1-2H3/t28-,29+,30+,35+/m1/s1. The van der Waals surface area contributed by atoms with Gasteiger partial charge in [-0.15, -0.1) is 0 Å². The van der Waals surface area contributed by atoms with Crippen LogP contribution in [0.25, 0.3) is 0 Å². The van der Waals surface area contributed by atoms with Gasteiger partial charge in [0.25, 0.3) is 0 Å². The van der Waals surface area contributed by atoms with Crippen LogP contribution in [0, 0.1) is 25.2 Å². The number of fused-ring (bicyclic) bond motifs is 6. The zero-order valence-corrected chi connectivity index (χ0v) is 22.8. The van der Waals surface area contributed by atoms with E-state index in [1.54, 1.807) is 48.5 Å². The molecular weight excluding hydrogens is 512 g/mol. The van der Waals surface area contributed by atoms with E-state index in [4.69, 9.17) is 0 Å². The summed E-state index contributed by atoms with van der Waals surface area (Å²) < 4.78 is 0. The van der Waals surface area contributed by atoms with Gasteiger partial charge in [0.05, 0.1) is 34.5 Å². The maximum Gasteiger partial charge on any atom is 0.242 e. The lowest BCUT2D eigenvalue weighted by Gasteiger charge is -2.43. The van der Waals surface area contributed by atoms with Crippen molar-refractivity contribution in [1.82, 2.24) is 0 Å². The number of hydrogen-bond donors (Lipinski definition) is 0. The molecule has 6 nitrogen and oxygen atoms in total. The Labute approximate surface area is 238 Å². The smallest absolute Gasteiger partial charge is 0.242 e. The number of carbonyl (C=O) groups is 4. The lowest BCUT2D eigenvalue weighted by Crippen LogP contribution is -2.51. The number of amides is 4. The number of imide groups is 2. The van der Waals surface area contributed by atoms with E-state index in [0.29, 0.717) is 22.5 Å². The summed E-state index contributed by atoms with van der Waals surface area (Å²) in [7, 11) is 0. The van der Waals surface area contributed by atoms with Crippen LogP contribution in [-0.4, -0.2) is 23.6 Å². The third-order valence-corrected chi connectivity index (χ3v) is 8.98. The van der Waals surface area contributed by atoms with Crippen LogP contribution in [-0.2, 0) is 25.6 Å². The minimum absolute atomic E-state index is 0.155. The molecule has 2 heterocycles. The summed E-state index contributed by atoms with van der Waals surface area (Å²) in [6.45, 7) is 3.92. The predicted molar refractivity (Wildman–Crippen MR) is 155 cm³/mol. The van der Waals surface area contributed by atoms with Gasteiger partial charge in [-0.05, 0) is 61.2 Å². The number of benzene rings is 4. The van der Waals surface area contributed by atoms with Crippen molar-refractivity contribution in [2.75, 3.05) is 9.80 Å². The fourth-order valence-electron chi connectivity index (χ4n) is 7.22. The van der Waals surface area contributed by atoms with Crippen molar-refractivity contribution in [1.29, 1.82) is 0 Å². The largest absolute Gasteiger partial charge is 0.274 e. The molecule has 3 aliphatic rings. The van der Waals surface area contributed by atoms with E-state index < -0.39 is 35.0 Å². The molecule has 202 valence electrons. The summed E-state index contributed by atoms with van der Waals surface area (Å²) in [4.78, 5) is 60.7. The number of aryl methyl sites for hydroxylation is 2. The Morgan fingerprint density at radius 1 is 0.610 bits per heavy atom. The molecule has 0 aromatic heterocycles. The average molecular weight is 541 g/mol. The minimum atomic E-state index is -1.48. The summed E-state index contributed by atoms with van der Waals surface area (Å²) >= 11 is 0. The second-order valence-electron chi connectivity index (χ2n) is 11.4. The van der Waals surface area contributed by atoms with E-state index in [9.17, 15) is 19.2 Å². The van der Waals surface area contributed by atoms with Gasteiger partial charge in [0.15, 0.2) is 0 Å². The molecule has 0 unspecified atom stereocenters. The third-order valence-electron chi connectivity index (χ3n) is 8.98. The van der Waals surface area contributed by atoms with Gasteiger partial charge in [0.2, 0.25) is 23.6 Å². The highest BCUT2D eigenvalue weighted by molar-refractivity contribution is 6.31. The highest BCUT2D eigenvalue weighted by Crippen LogP contribution is 2.63. The first-order chi connectivity index (χ1) is 19.8. The lowest BCUT2D eigenvalue weighted by atomic mass is 9.54. The Hall–Kier alpha value is -4.84. The summed E-state index contributed by atoms with van der Waals surface area (Å²) in [5.74, 6) is -4.44. The van der Waals surface area contributed by atoms with E-state index >= 15 is 0 Å². The first kappa shape index (κ1) is 25.1. The highest BCUT2D eigenvalue weighted by atomic mass is 16.2. The van der Waals surface area contributed by atoms with Gasteiger partial charge in [0, 0.05) is 0 Å². The normalized spacial score (nSPS) is 24.9. The van der Waals surface area contributed by atoms with Crippen LogP contribution < -0.4 is 9.80 Å². The second kappa shape index (κ2) is 9.10. The van der Waals surface area contributed by atoms with Crippen LogP contribution >= 0.6 is 0 Å². The number of hydrogen-bond acceptors (Lipinski definition) is 4. The van der Waals surface area contributed by atoms with Crippen LogP contribution in [0.3, 0.4) is 0 Å². The van der Waals surface area contributed by atoms with Crippen LogP contribution in [0.5, 0.6) is 0 Å². The van der Waals surface area contributed by atoms with Crippen LogP contribution in [0.4, 0.5) is 11.4 Å². The lowest BCUT2D eigenvalue weighted by molar-refractivity contribution is -0.138. The fourth-order valence-corrected chi connectivity index (χ4v) is 7.22. The van der Waals surface area contributed by atoms with E-state index in [-0.39, 0.29) is 18.2 Å². The Morgan fingerprint density at radius 3 is 1.83 bits per heavy atom. The maximum atomic E-state index is 14.9. The van der Waals surface area contributed by atoms with Crippen molar-refractivity contribution in [2.45, 2.75) is 32.1 Å². The van der Waals surface area contributed by atoms with Gasteiger partial charge in [0.1, 0.15) is 0 Å². The predicted octanol–water partition coefficient (Wildman–Crippen LogP) is 5.48. The molecule has 4 aromatic rings. The monoisotopic (exact) mass is 540 g/mol. The van der Waals surface area contributed by atoms with Crippen molar-refractivity contribution >= 4 is 35.0 Å². The molecule has 2 fully saturated rings. The minimum Gasteiger partial charge on any atom is -0.274 e. The fraction of sp³-hybridized carbons (Fsp3) is 0.200. The number of para-hydroxylation sites is 2.